The first kappa shape index (κ1) is 13.5. The fourth-order valence-corrected chi connectivity index (χ4v) is 3.27. The van der Waals surface area contributed by atoms with Crippen LogP contribution in [0.3, 0.4) is 0 Å². The van der Waals surface area contributed by atoms with Gasteiger partial charge in [0.05, 0.1) is 6.04 Å². The average molecular weight is 250 g/mol. The van der Waals surface area contributed by atoms with E-state index in [0.717, 1.165) is 11.7 Å². The highest BCUT2D eigenvalue weighted by Gasteiger charge is 2.33. The Morgan fingerprint density at radius 2 is 2.22 bits per heavy atom. The molecular weight excluding hydrogens is 224 g/mol. The number of hydrogen-bond acceptors (Lipinski definition) is 3. The van der Waals surface area contributed by atoms with Gasteiger partial charge in [-0.05, 0) is 37.5 Å². The molecule has 0 bridgehead atoms. The summed E-state index contributed by atoms with van der Waals surface area (Å²) in [5.41, 5.74) is 0.506. The lowest BCUT2D eigenvalue weighted by Gasteiger charge is -2.40. The second kappa shape index (κ2) is 5.00. The van der Waals surface area contributed by atoms with Crippen molar-refractivity contribution in [1.82, 2.24) is 20.1 Å². The minimum atomic E-state index is 0.270. The van der Waals surface area contributed by atoms with E-state index < -0.39 is 0 Å². The van der Waals surface area contributed by atoms with E-state index in [9.17, 15) is 0 Å². The summed E-state index contributed by atoms with van der Waals surface area (Å²) in [6, 6.07) is 0.871. The normalized spacial score (nSPS) is 29.2. The number of nitrogens with zero attached hydrogens (tertiary/aromatic N) is 3. The Labute approximate surface area is 110 Å². The van der Waals surface area contributed by atoms with Crippen LogP contribution in [0.2, 0.25) is 0 Å². The van der Waals surface area contributed by atoms with Gasteiger partial charge in [-0.3, -0.25) is 0 Å². The van der Waals surface area contributed by atoms with Gasteiger partial charge in [-0.25, -0.2) is 0 Å². The summed E-state index contributed by atoms with van der Waals surface area (Å²) in [5, 5.41) is 11.9. The van der Waals surface area contributed by atoms with Gasteiger partial charge < -0.3 is 9.88 Å². The van der Waals surface area contributed by atoms with Crippen molar-refractivity contribution in [3.05, 3.63) is 12.2 Å². The molecular formula is C14H26N4. The lowest BCUT2D eigenvalue weighted by molar-refractivity contribution is 0.141. The monoisotopic (exact) mass is 250 g/mol. The van der Waals surface area contributed by atoms with Crippen LogP contribution in [0.25, 0.3) is 0 Å². The SMILES string of the molecule is CC(NC1CCC(C)(C)CC1C)c1nncn1C. The number of hydrogen-bond donors (Lipinski definition) is 1. The van der Waals surface area contributed by atoms with E-state index in [2.05, 4.69) is 43.2 Å². The zero-order chi connectivity index (χ0) is 13.3. The maximum Gasteiger partial charge on any atom is 0.149 e. The fourth-order valence-electron chi connectivity index (χ4n) is 3.27. The van der Waals surface area contributed by atoms with Crippen molar-refractivity contribution >= 4 is 0 Å². The molecule has 4 heteroatoms. The van der Waals surface area contributed by atoms with Gasteiger partial charge in [0, 0.05) is 13.1 Å². The Hall–Kier alpha value is -0.900. The van der Waals surface area contributed by atoms with Crippen molar-refractivity contribution in [2.45, 2.75) is 59.0 Å². The van der Waals surface area contributed by atoms with Crippen LogP contribution in [0, 0.1) is 11.3 Å². The van der Waals surface area contributed by atoms with Gasteiger partial charge in [0.2, 0.25) is 0 Å². The lowest BCUT2D eigenvalue weighted by atomic mass is 9.70. The lowest BCUT2D eigenvalue weighted by Crippen LogP contribution is -2.43. The maximum atomic E-state index is 4.19. The van der Waals surface area contributed by atoms with Crippen molar-refractivity contribution < 1.29 is 0 Å². The fraction of sp³-hybridized carbons (Fsp3) is 0.857. The molecule has 1 aromatic rings. The Morgan fingerprint density at radius 3 is 2.78 bits per heavy atom. The van der Waals surface area contributed by atoms with Gasteiger partial charge in [-0.15, -0.1) is 10.2 Å². The van der Waals surface area contributed by atoms with E-state index in [4.69, 9.17) is 0 Å². The number of aromatic nitrogens is 3. The molecule has 102 valence electrons. The highest BCUT2D eigenvalue weighted by atomic mass is 15.3. The van der Waals surface area contributed by atoms with Crippen molar-refractivity contribution in [2.24, 2.45) is 18.4 Å². The van der Waals surface area contributed by atoms with Crippen LogP contribution >= 0.6 is 0 Å². The number of nitrogens with one attached hydrogen (secondary N) is 1. The van der Waals surface area contributed by atoms with Crippen LogP contribution in [-0.4, -0.2) is 20.8 Å². The second-order valence-corrected chi connectivity index (χ2v) is 6.68. The van der Waals surface area contributed by atoms with E-state index in [1.807, 2.05) is 11.6 Å². The Morgan fingerprint density at radius 1 is 1.50 bits per heavy atom. The molecule has 3 atom stereocenters. The molecule has 1 heterocycles. The molecule has 1 aromatic heterocycles. The molecule has 0 amide bonds. The van der Waals surface area contributed by atoms with E-state index in [-0.39, 0.29) is 6.04 Å². The maximum absolute atomic E-state index is 4.19. The van der Waals surface area contributed by atoms with Crippen molar-refractivity contribution in [3.63, 3.8) is 0 Å². The van der Waals surface area contributed by atoms with Crippen LogP contribution in [0.5, 0.6) is 0 Å². The molecule has 1 aliphatic carbocycles. The molecule has 18 heavy (non-hydrogen) atoms. The van der Waals surface area contributed by atoms with Crippen LogP contribution in [-0.2, 0) is 7.05 Å². The van der Waals surface area contributed by atoms with Gasteiger partial charge in [0.1, 0.15) is 12.2 Å². The van der Waals surface area contributed by atoms with Gasteiger partial charge in [-0.2, -0.15) is 0 Å². The van der Waals surface area contributed by atoms with Gasteiger partial charge in [0.25, 0.3) is 0 Å². The van der Waals surface area contributed by atoms with Crippen molar-refractivity contribution in [1.29, 1.82) is 0 Å². The van der Waals surface area contributed by atoms with Gasteiger partial charge >= 0.3 is 0 Å². The van der Waals surface area contributed by atoms with Gasteiger partial charge in [0.15, 0.2) is 0 Å². The van der Waals surface area contributed by atoms with Crippen molar-refractivity contribution in [2.75, 3.05) is 0 Å². The third kappa shape index (κ3) is 2.91. The molecule has 1 saturated carbocycles. The summed E-state index contributed by atoms with van der Waals surface area (Å²) in [7, 11) is 2.00. The topological polar surface area (TPSA) is 42.7 Å². The Balaban J connectivity index is 1.96. The molecule has 0 saturated heterocycles. The summed E-state index contributed by atoms with van der Waals surface area (Å²) in [6.07, 6.45) is 5.63. The minimum absolute atomic E-state index is 0.270. The third-order valence-corrected chi connectivity index (χ3v) is 4.29. The summed E-state index contributed by atoms with van der Waals surface area (Å²) in [5.74, 6) is 1.75. The van der Waals surface area contributed by atoms with Gasteiger partial charge in [-0.1, -0.05) is 20.8 Å². The van der Waals surface area contributed by atoms with Crippen LogP contribution < -0.4 is 5.32 Å². The Kier molecular flexibility index (Phi) is 3.76. The zero-order valence-corrected chi connectivity index (χ0v) is 12.3. The third-order valence-electron chi connectivity index (χ3n) is 4.29. The summed E-state index contributed by atoms with van der Waals surface area (Å²) >= 11 is 0. The summed E-state index contributed by atoms with van der Waals surface area (Å²) in [6.45, 7) is 9.30. The summed E-state index contributed by atoms with van der Waals surface area (Å²) < 4.78 is 2.00. The van der Waals surface area contributed by atoms with E-state index >= 15 is 0 Å². The minimum Gasteiger partial charge on any atom is -0.319 e. The summed E-state index contributed by atoms with van der Waals surface area (Å²) in [4.78, 5) is 0. The molecule has 1 N–H and O–H groups in total. The Bertz CT molecular complexity index is 396. The molecule has 0 radical (unpaired) electrons. The highest BCUT2D eigenvalue weighted by molar-refractivity contribution is 4.95. The molecule has 0 aromatic carbocycles. The van der Waals surface area contributed by atoms with Crippen molar-refractivity contribution in [3.8, 4) is 0 Å². The molecule has 3 unspecified atom stereocenters. The first-order valence-electron chi connectivity index (χ1n) is 6.99. The van der Waals surface area contributed by atoms with E-state index in [0.29, 0.717) is 11.5 Å². The molecule has 1 aliphatic rings. The molecule has 1 fully saturated rings. The molecule has 2 rings (SSSR count). The number of aryl methyl sites for hydroxylation is 1. The predicted molar refractivity (Wildman–Crippen MR) is 73.1 cm³/mol. The first-order valence-corrected chi connectivity index (χ1v) is 6.99. The molecule has 4 nitrogen and oxygen atoms in total. The smallest absolute Gasteiger partial charge is 0.149 e. The molecule has 0 aliphatic heterocycles. The van der Waals surface area contributed by atoms with Crippen LogP contribution in [0.15, 0.2) is 6.33 Å². The largest absolute Gasteiger partial charge is 0.319 e. The van der Waals surface area contributed by atoms with E-state index in [1.54, 1.807) is 6.33 Å². The standard InChI is InChI=1S/C14H26N4/c1-10-8-14(3,4)7-6-12(10)16-11(2)13-17-15-9-18(13)5/h9-12,16H,6-8H2,1-5H3. The van der Waals surface area contributed by atoms with Crippen LogP contribution in [0.1, 0.15) is 58.8 Å². The number of rotatable bonds is 3. The zero-order valence-electron chi connectivity index (χ0n) is 12.3. The predicted octanol–water partition coefficient (Wildman–Crippen LogP) is 2.68. The highest BCUT2D eigenvalue weighted by Crippen LogP contribution is 2.39. The van der Waals surface area contributed by atoms with E-state index in [1.165, 1.54) is 19.3 Å². The van der Waals surface area contributed by atoms with Crippen LogP contribution in [0.4, 0.5) is 0 Å². The average Bonchev–Trinajstić information content (AvgIpc) is 2.68. The first-order chi connectivity index (χ1) is 8.39. The second-order valence-electron chi connectivity index (χ2n) is 6.68. The quantitative estimate of drug-likeness (QED) is 0.897. The molecule has 0 spiro atoms.